The van der Waals surface area contributed by atoms with Gasteiger partial charge in [0.1, 0.15) is 4.64 Å². The third-order valence-corrected chi connectivity index (χ3v) is 2.56. The fraction of sp³-hybridized carbons (Fsp3) is 0.273. The predicted molar refractivity (Wildman–Crippen MR) is 64.6 cm³/mol. The molecule has 16 heavy (non-hydrogen) atoms. The molecule has 84 valence electrons. The van der Waals surface area contributed by atoms with Gasteiger partial charge in [-0.1, -0.05) is 12.2 Å². The summed E-state index contributed by atoms with van der Waals surface area (Å²) in [6.07, 6.45) is 1.57. The molecular weight excluding hydrogens is 224 g/mol. The first-order valence-corrected chi connectivity index (χ1v) is 5.35. The molecule has 1 heterocycles. The van der Waals surface area contributed by atoms with Gasteiger partial charge in [-0.2, -0.15) is 0 Å². The van der Waals surface area contributed by atoms with Crippen LogP contribution in [0.3, 0.4) is 0 Å². The maximum Gasteiger partial charge on any atom is 0.162 e. The van der Waals surface area contributed by atoms with Gasteiger partial charge in [-0.15, -0.1) is 0 Å². The molecule has 1 aromatic heterocycles. The van der Waals surface area contributed by atoms with E-state index < -0.39 is 0 Å². The van der Waals surface area contributed by atoms with E-state index in [4.69, 9.17) is 21.7 Å². The lowest BCUT2D eigenvalue weighted by atomic mass is 10.2. The summed E-state index contributed by atoms with van der Waals surface area (Å²) in [7, 11) is 1.61. The highest BCUT2D eigenvalue weighted by Crippen LogP contribution is 2.31. The molecule has 0 atom stereocenters. The quantitative estimate of drug-likeness (QED) is 0.832. The summed E-state index contributed by atoms with van der Waals surface area (Å²) in [5.74, 6) is 1.37. The van der Waals surface area contributed by atoms with Crippen LogP contribution in [-0.2, 0) is 0 Å². The molecule has 0 unspecified atom stereocenters. The van der Waals surface area contributed by atoms with Crippen molar-refractivity contribution < 1.29 is 9.47 Å². The molecule has 5 heteroatoms. The Balaban J connectivity index is 2.70. The Kier molecular flexibility index (Phi) is 3.05. The zero-order chi connectivity index (χ0) is 11.5. The van der Waals surface area contributed by atoms with Crippen LogP contribution in [0.2, 0.25) is 0 Å². The Morgan fingerprint density at radius 2 is 2.19 bits per heavy atom. The number of aromatic nitrogens is 2. The zero-order valence-electron chi connectivity index (χ0n) is 9.11. The van der Waals surface area contributed by atoms with Crippen LogP contribution in [0.5, 0.6) is 11.5 Å². The van der Waals surface area contributed by atoms with Gasteiger partial charge in [0, 0.05) is 11.5 Å². The standard InChI is InChI=1S/C11H12N2O2S/c1-3-15-10-4-7-8(5-9(10)14-2)12-6-13-11(7)16/h4-6H,3H2,1-2H3,(H,12,13,16). The van der Waals surface area contributed by atoms with Crippen molar-refractivity contribution in [2.24, 2.45) is 0 Å². The Hall–Kier alpha value is -1.62. The SMILES string of the molecule is CCOc1cc2c(=S)nc[nH]c2cc1OC. The van der Waals surface area contributed by atoms with Crippen molar-refractivity contribution in [3.8, 4) is 11.5 Å². The van der Waals surface area contributed by atoms with E-state index in [-0.39, 0.29) is 0 Å². The normalized spacial score (nSPS) is 10.4. The third-order valence-electron chi connectivity index (χ3n) is 2.24. The number of hydrogen-bond acceptors (Lipinski definition) is 4. The number of aromatic amines is 1. The van der Waals surface area contributed by atoms with Gasteiger partial charge in [-0.3, -0.25) is 0 Å². The predicted octanol–water partition coefficient (Wildman–Crippen LogP) is 2.70. The third kappa shape index (κ3) is 1.86. The fourth-order valence-electron chi connectivity index (χ4n) is 1.51. The number of methoxy groups -OCH3 is 1. The lowest BCUT2D eigenvalue weighted by Crippen LogP contribution is -1.96. The number of ether oxygens (including phenoxy) is 2. The average Bonchev–Trinajstić information content (AvgIpc) is 2.30. The van der Waals surface area contributed by atoms with Gasteiger partial charge < -0.3 is 14.5 Å². The van der Waals surface area contributed by atoms with E-state index in [1.807, 2.05) is 19.1 Å². The van der Waals surface area contributed by atoms with E-state index in [1.54, 1.807) is 13.4 Å². The monoisotopic (exact) mass is 236 g/mol. The average molecular weight is 236 g/mol. The van der Waals surface area contributed by atoms with Crippen molar-refractivity contribution >= 4 is 23.1 Å². The molecule has 0 aliphatic heterocycles. The van der Waals surface area contributed by atoms with Crippen molar-refractivity contribution in [2.75, 3.05) is 13.7 Å². The number of rotatable bonds is 3. The molecule has 0 aliphatic carbocycles. The number of nitrogens with one attached hydrogen (secondary N) is 1. The molecule has 0 radical (unpaired) electrons. The van der Waals surface area contributed by atoms with Gasteiger partial charge in [-0.05, 0) is 13.0 Å². The summed E-state index contributed by atoms with van der Waals surface area (Å²) in [6, 6.07) is 3.71. The largest absolute Gasteiger partial charge is 0.493 e. The summed E-state index contributed by atoms with van der Waals surface area (Å²) in [5, 5.41) is 0.863. The summed E-state index contributed by atoms with van der Waals surface area (Å²) >= 11 is 5.15. The maximum absolute atomic E-state index is 5.48. The van der Waals surface area contributed by atoms with Crippen molar-refractivity contribution in [1.82, 2.24) is 9.97 Å². The Morgan fingerprint density at radius 3 is 2.88 bits per heavy atom. The first-order valence-electron chi connectivity index (χ1n) is 4.94. The van der Waals surface area contributed by atoms with Crippen molar-refractivity contribution in [2.45, 2.75) is 6.92 Å². The molecule has 0 aliphatic rings. The highest BCUT2D eigenvalue weighted by molar-refractivity contribution is 7.71. The highest BCUT2D eigenvalue weighted by Gasteiger charge is 2.07. The minimum atomic E-state index is 0.553. The molecule has 2 rings (SSSR count). The van der Waals surface area contributed by atoms with Gasteiger partial charge >= 0.3 is 0 Å². The van der Waals surface area contributed by atoms with E-state index >= 15 is 0 Å². The number of H-pyrrole nitrogens is 1. The molecule has 0 saturated heterocycles. The minimum absolute atomic E-state index is 0.553. The molecule has 1 N–H and O–H groups in total. The van der Waals surface area contributed by atoms with Gasteiger partial charge in [0.25, 0.3) is 0 Å². The maximum atomic E-state index is 5.48. The van der Waals surface area contributed by atoms with E-state index in [2.05, 4.69) is 9.97 Å². The molecule has 0 saturated carbocycles. The summed E-state index contributed by atoms with van der Waals surface area (Å²) in [6.45, 7) is 2.51. The molecule has 1 aromatic carbocycles. The fourth-order valence-corrected chi connectivity index (χ4v) is 1.74. The second-order valence-electron chi connectivity index (χ2n) is 3.19. The molecule has 2 aromatic rings. The van der Waals surface area contributed by atoms with Crippen LogP contribution >= 0.6 is 12.2 Å². The van der Waals surface area contributed by atoms with Crippen LogP contribution in [0, 0.1) is 4.64 Å². The van der Waals surface area contributed by atoms with Crippen LogP contribution in [0.1, 0.15) is 6.92 Å². The van der Waals surface area contributed by atoms with E-state index in [0.29, 0.717) is 22.7 Å². The van der Waals surface area contributed by atoms with Gasteiger partial charge in [0.2, 0.25) is 0 Å². The second-order valence-corrected chi connectivity index (χ2v) is 3.58. The molecule has 0 spiro atoms. The van der Waals surface area contributed by atoms with Crippen LogP contribution in [0.25, 0.3) is 10.9 Å². The Bertz CT molecular complexity index is 565. The summed E-state index contributed by atoms with van der Waals surface area (Å²) in [5.41, 5.74) is 0.889. The lowest BCUT2D eigenvalue weighted by Gasteiger charge is -2.10. The molecular formula is C11H12N2O2S. The van der Waals surface area contributed by atoms with Crippen LogP contribution in [0.4, 0.5) is 0 Å². The first-order chi connectivity index (χ1) is 7.76. The number of hydrogen-bond donors (Lipinski definition) is 1. The van der Waals surface area contributed by atoms with E-state index in [9.17, 15) is 0 Å². The van der Waals surface area contributed by atoms with Crippen molar-refractivity contribution in [3.05, 3.63) is 23.1 Å². The lowest BCUT2D eigenvalue weighted by molar-refractivity contribution is 0.311. The van der Waals surface area contributed by atoms with Gasteiger partial charge in [-0.25, -0.2) is 4.98 Å². The first kappa shape index (κ1) is 10.9. The topological polar surface area (TPSA) is 47.1 Å². The van der Waals surface area contributed by atoms with Crippen molar-refractivity contribution in [3.63, 3.8) is 0 Å². The van der Waals surface area contributed by atoms with Gasteiger partial charge in [0.15, 0.2) is 11.5 Å². The Morgan fingerprint density at radius 1 is 1.38 bits per heavy atom. The van der Waals surface area contributed by atoms with Crippen LogP contribution in [0.15, 0.2) is 18.5 Å². The number of benzene rings is 1. The van der Waals surface area contributed by atoms with Crippen molar-refractivity contribution in [1.29, 1.82) is 0 Å². The van der Waals surface area contributed by atoms with E-state index in [1.165, 1.54) is 0 Å². The zero-order valence-corrected chi connectivity index (χ0v) is 9.93. The molecule has 0 fully saturated rings. The summed E-state index contributed by atoms with van der Waals surface area (Å²) < 4.78 is 11.3. The number of fused-ring (bicyclic) bond motifs is 1. The van der Waals surface area contributed by atoms with Crippen LogP contribution in [-0.4, -0.2) is 23.7 Å². The summed E-state index contributed by atoms with van der Waals surface area (Å²) in [4.78, 5) is 7.05. The van der Waals surface area contributed by atoms with Gasteiger partial charge in [0.05, 0.1) is 25.6 Å². The molecule has 0 amide bonds. The smallest absolute Gasteiger partial charge is 0.162 e. The number of nitrogens with zero attached hydrogens (tertiary/aromatic N) is 1. The Labute approximate surface area is 98.2 Å². The van der Waals surface area contributed by atoms with E-state index in [0.717, 1.165) is 10.9 Å². The molecule has 4 nitrogen and oxygen atoms in total. The second kappa shape index (κ2) is 4.49. The van der Waals surface area contributed by atoms with Crippen LogP contribution < -0.4 is 9.47 Å². The minimum Gasteiger partial charge on any atom is -0.493 e. The highest BCUT2D eigenvalue weighted by atomic mass is 32.1. The molecule has 0 bridgehead atoms.